The maximum atomic E-state index is 13.7. The van der Waals surface area contributed by atoms with Gasteiger partial charge < -0.3 is 4.74 Å². The van der Waals surface area contributed by atoms with Gasteiger partial charge in [-0.3, -0.25) is 0 Å². The normalized spacial score (nSPS) is 10.4. The van der Waals surface area contributed by atoms with Crippen LogP contribution in [-0.2, 0) is 0 Å². The Labute approximate surface area is 92.7 Å². The third kappa shape index (κ3) is 1.76. The Balaban J connectivity index is 2.46. The first kappa shape index (κ1) is 10.6. The molecule has 84 valence electrons. The van der Waals surface area contributed by atoms with E-state index in [2.05, 4.69) is 10.1 Å². The summed E-state index contributed by atoms with van der Waals surface area (Å²) in [6, 6.07) is 5.37. The van der Waals surface area contributed by atoms with Crippen LogP contribution in [0.25, 0.3) is 5.82 Å². The van der Waals surface area contributed by atoms with E-state index in [1.165, 1.54) is 4.68 Å². The molecule has 0 fully saturated rings. The standard InChI is InChI=1S/C11H12FN3O/c1-3-16-11-10(12)8(2)15(14-11)9-6-4-5-7-13-9/h4-7H,3H2,1-2H3. The Morgan fingerprint density at radius 1 is 1.44 bits per heavy atom. The molecule has 0 aliphatic carbocycles. The molecule has 0 bridgehead atoms. The van der Waals surface area contributed by atoms with Gasteiger partial charge in [0, 0.05) is 6.20 Å². The van der Waals surface area contributed by atoms with Crippen LogP contribution in [0.3, 0.4) is 0 Å². The van der Waals surface area contributed by atoms with Gasteiger partial charge in [-0.25, -0.2) is 9.67 Å². The summed E-state index contributed by atoms with van der Waals surface area (Å²) < 4.78 is 20.2. The summed E-state index contributed by atoms with van der Waals surface area (Å²) >= 11 is 0. The second-order valence-electron chi connectivity index (χ2n) is 3.24. The van der Waals surface area contributed by atoms with Crippen molar-refractivity contribution in [2.45, 2.75) is 13.8 Å². The van der Waals surface area contributed by atoms with E-state index in [0.717, 1.165) is 0 Å². The van der Waals surface area contributed by atoms with Gasteiger partial charge in [0.25, 0.3) is 5.88 Å². The predicted molar refractivity (Wildman–Crippen MR) is 57.2 cm³/mol. The number of aromatic nitrogens is 3. The van der Waals surface area contributed by atoms with Gasteiger partial charge in [-0.2, -0.15) is 4.39 Å². The van der Waals surface area contributed by atoms with E-state index in [1.54, 1.807) is 32.2 Å². The molecule has 0 saturated carbocycles. The molecule has 0 saturated heterocycles. The molecule has 0 unspecified atom stereocenters. The van der Waals surface area contributed by atoms with Crippen molar-refractivity contribution in [2.24, 2.45) is 0 Å². The summed E-state index contributed by atoms with van der Waals surface area (Å²) in [6.45, 7) is 3.81. The summed E-state index contributed by atoms with van der Waals surface area (Å²) in [5, 5.41) is 4.03. The van der Waals surface area contributed by atoms with Crippen LogP contribution in [0, 0.1) is 12.7 Å². The van der Waals surface area contributed by atoms with Gasteiger partial charge in [0.2, 0.25) is 5.82 Å². The van der Waals surface area contributed by atoms with Crippen molar-refractivity contribution in [3.63, 3.8) is 0 Å². The highest BCUT2D eigenvalue weighted by Gasteiger charge is 2.16. The average Bonchev–Trinajstić information content (AvgIpc) is 2.59. The van der Waals surface area contributed by atoms with Crippen molar-refractivity contribution in [3.05, 3.63) is 35.9 Å². The molecule has 5 heteroatoms. The molecule has 4 nitrogen and oxygen atoms in total. The number of pyridine rings is 1. The zero-order valence-electron chi connectivity index (χ0n) is 9.14. The molecular weight excluding hydrogens is 209 g/mol. The number of halogens is 1. The van der Waals surface area contributed by atoms with Crippen LogP contribution in [0.15, 0.2) is 24.4 Å². The molecule has 0 N–H and O–H groups in total. The first-order valence-electron chi connectivity index (χ1n) is 5.03. The van der Waals surface area contributed by atoms with Crippen molar-refractivity contribution >= 4 is 0 Å². The van der Waals surface area contributed by atoms with Crippen molar-refractivity contribution in [2.75, 3.05) is 6.61 Å². The van der Waals surface area contributed by atoms with Crippen molar-refractivity contribution in [1.29, 1.82) is 0 Å². The van der Waals surface area contributed by atoms with Crippen molar-refractivity contribution in [3.8, 4) is 11.7 Å². The maximum Gasteiger partial charge on any atom is 0.270 e. The Bertz CT molecular complexity index is 481. The van der Waals surface area contributed by atoms with Crippen molar-refractivity contribution in [1.82, 2.24) is 14.8 Å². The van der Waals surface area contributed by atoms with Gasteiger partial charge in [-0.1, -0.05) is 6.07 Å². The Morgan fingerprint density at radius 3 is 2.88 bits per heavy atom. The van der Waals surface area contributed by atoms with E-state index in [4.69, 9.17) is 4.74 Å². The molecule has 0 radical (unpaired) electrons. The van der Waals surface area contributed by atoms with Crippen LogP contribution in [-0.4, -0.2) is 21.4 Å². The third-order valence-corrected chi connectivity index (χ3v) is 2.16. The molecular formula is C11H12FN3O. The second-order valence-corrected chi connectivity index (χ2v) is 3.24. The molecule has 16 heavy (non-hydrogen) atoms. The van der Waals surface area contributed by atoms with E-state index in [0.29, 0.717) is 18.1 Å². The molecule has 0 amide bonds. The highest BCUT2D eigenvalue weighted by molar-refractivity contribution is 5.28. The fourth-order valence-electron chi connectivity index (χ4n) is 1.39. The fraction of sp³-hybridized carbons (Fsp3) is 0.273. The molecule has 0 aliphatic rings. The average molecular weight is 221 g/mol. The Hall–Kier alpha value is -1.91. The minimum atomic E-state index is -0.437. The minimum Gasteiger partial charge on any atom is -0.475 e. The van der Waals surface area contributed by atoms with Gasteiger partial charge in [0.1, 0.15) is 0 Å². The molecule has 0 atom stereocenters. The highest BCUT2D eigenvalue weighted by atomic mass is 19.1. The van der Waals surface area contributed by atoms with Crippen LogP contribution < -0.4 is 4.74 Å². The van der Waals surface area contributed by atoms with Gasteiger partial charge in [0.15, 0.2) is 5.82 Å². The summed E-state index contributed by atoms with van der Waals surface area (Å²) in [5.74, 6) is 0.156. The SMILES string of the molecule is CCOc1nn(-c2ccccn2)c(C)c1F. The maximum absolute atomic E-state index is 13.7. The van der Waals surface area contributed by atoms with Gasteiger partial charge in [-0.05, 0) is 26.0 Å². The van der Waals surface area contributed by atoms with Crippen LogP contribution in [0.1, 0.15) is 12.6 Å². The van der Waals surface area contributed by atoms with E-state index >= 15 is 0 Å². The lowest BCUT2D eigenvalue weighted by atomic mass is 10.4. The smallest absolute Gasteiger partial charge is 0.270 e. The van der Waals surface area contributed by atoms with Crippen LogP contribution >= 0.6 is 0 Å². The lowest BCUT2D eigenvalue weighted by Gasteiger charge is -2.00. The monoisotopic (exact) mass is 221 g/mol. The molecule has 0 spiro atoms. The summed E-state index contributed by atoms with van der Waals surface area (Å²) in [4.78, 5) is 4.10. The van der Waals surface area contributed by atoms with Crippen molar-refractivity contribution < 1.29 is 9.13 Å². The first-order valence-corrected chi connectivity index (χ1v) is 5.03. The molecule has 0 aromatic carbocycles. The van der Waals surface area contributed by atoms with Crippen LogP contribution in [0.5, 0.6) is 5.88 Å². The number of nitrogens with zero attached hydrogens (tertiary/aromatic N) is 3. The number of hydrogen-bond donors (Lipinski definition) is 0. The van der Waals surface area contributed by atoms with Gasteiger partial charge in [0.05, 0.1) is 12.3 Å². The zero-order valence-corrected chi connectivity index (χ0v) is 9.14. The summed E-state index contributed by atoms with van der Waals surface area (Å²) in [7, 11) is 0. The largest absolute Gasteiger partial charge is 0.475 e. The molecule has 0 aliphatic heterocycles. The first-order chi connectivity index (χ1) is 7.74. The number of ether oxygens (including phenoxy) is 1. The topological polar surface area (TPSA) is 39.9 Å². The zero-order chi connectivity index (χ0) is 11.5. The molecule has 2 aromatic heterocycles. The van der Waals surface area contributed by atoms with Gasteiger partial charge in [-0.15, -0.1) is 5.10 Å². The predicted octanol–water partition coefficient (Wildman–Crippen LogP) is 2.11. The number of hydrogen-bond acceptors (Lipinski definition) is 3. The Morgan fingerprint density at radius 2 is 2.25 bits per heavy atom. The van der Waals surface area contributed by atoms with E-state index in [9.17, 15) is 4.39 Å². The Kier molecular flexibility index (Phi) is 2.85. The van der Waals surface area contributed by atoms with E-state index in [-0.39, 0.29) is 5.88 Å². The third-order valence-electron chi connectivity index (χ3n) is 2.16. The minimum absolute atomic E-state index is 0.0191. The van der Waals surface area contributed by atoms with Crippen LogP contribution in [0.4, 0.5) is 4.39 Å². The van der Waals surface area contributed by atoms with E-state index < -0.39 is 5.82 Å². The van der Waals surface area contributed by atoms with Gasteiger partial charge >= 0.3 is 0 Å². The van der Waals surface area contributed by atoms with E-state index in [1.807, 2.05) is 6.07 Å². The highest BCUT2D eigenvalue weighted by Crippen LogP contribution is 2.20. The quantitative estimate of drug-likeness (QED) is 0.797. The molecule has 2 rings (SSSR count). The number of rotatable bonds is 3. The van der Waals surface area contributed by atoms with Crippen LogP contribution in [0.2, 0.25) is 0 Å². The molecule has 2 aromatic rings. The lowest BCUT2D eigenvalue weighted by Crippen LogP contribution is -2.01. The molecule has 2 heterocycles. The second kappa shape index (κ2) is 4.30. The lowest BCUT2D eigenvalue weighted by molar-refractivity contribution is 0.308. The summed E-state index contributed by atoms with van der Waals surface area (Å²) in [5.41, 5.74) is 0.391. The summed E-state index contributed by atoms with van der Waals surface area (Å²) in [6.07, 6.45) is 1.63. The fourth-order valence-corrected chi connectivity index (χ4v) is 1.39.